The summed E-state index contributed by atoms with van der Waals surface area (Å²) >= 11 is 1.32. The lowest BCUT2D eigenvalue weighted by Gasteiger charge is -2.16. The Morgan fingerprint density at radius 1 is 1.06 bits per heavy atom. The molecule has 9 heteroatoms. The SMILES string of the molecule is COc1ccc(CCC(=O)Nc2nnc([C@@H]3CC(=O)N(c4ccc(OC)cc4)C3)s2)cc1. The standard InChI is InChI=1S/C23H24N4O4S/c1-30-18-8-3-15(4-9-18)5-12-20(28)24-23-26-25-22(32-23)16-13-21(29)27(14-16)17-6-10-19(31-2)11-7-17/h3-4,6-11,16H,5,12-14H2,1-2H3,(H,24,26,28)/t16-/m1/s1. The van der Waals surface area contributed by atoms with Crippen LogP contribution in [0.15, 0.2) is 48.5 Å². The van der Waals surface area contributed by atoms with Crippen LogP contribution in [-0.4, -0.2) is 42.8 Å². The molecule has 0 saturated carbocycles. The van der Waals surface area contributed by atoms with Gasteiger partial charge in [-0.25, -0.2) is 0 Å². The van der Waals surface area contributed by atoms with Gasteiger partial charge in [-0.05, 0) is 48.4 Å². The molecule has 166 valence electrons. The Hall–Kier alpha value is -3.46. The number of carbonyl (C=O) groups is 2. The second kappa shape index (κ2) is 9.78. The summed E-state index contributed by atoms with van der Waals surface area (Å²) in [5.41, 5.74) is 1.89. The van der Waals surface area contributed by atoms with Gasteiger partial charge in [-0.3, -0.25) is 9.59 Å². The highest BCUT2D eigenvalue weighted by Crippen LogP contribution is 2.34. The molecule has 0 bridgehead atoms. The predicted octanol–water partition coefficient (Wildman–Crippen LogP) is 3.65. The van der Waals surface area contributed by atoms with Crippen molar-refractivity contribution in [3.63, 3.8) is 0 Å². The normalized spacial score (nSPS) is 15.6. The molecule has 2 aromatic carbocycles. The zero-order valence-electron chi connectivity index (χ0n) is 17.9. The van der Waals surface area contributed by atoms with Gasteiger partial charge < -0.3 is 19.7 Å². The zero-order chi connectivity index (χ0) is 22.5. The molecule has 0 unspecified atom stereocenters. The van der Waals surface area contributed by atoms with Crippen LogP contribution in [0, 0.1) is 0 Å². The second-order valence-corrected chi connectivity index (χ2v) is 8.45. The van der Waals surface area contributed by atoms with E-state index in [-0.39, 0.29) is 17.7 Å². The maximum atomic E-state index is 12.5. The van der Waals surface area contributed by atoms with Crippen molar-refractivity contribution in [3.8, 4) is 11.5 Å². The van der Waals surface area contributed by atoms with Crippen molar-refractivity contribution in [3.05, 3.63) is 59.1 Å². The predicted molar refractivity (Wildman–Crippen MR) is 123 cm³/mol. The molecule has 32 heavy (non-hydrogen) atoms. The van der Waals surface area contributed by atoms with Crippen LogP contribution in [0.25, 0.3) is 0 Å². The van der Waals surface area contributed by atoms with E-state index in [0.29, 0.717) is 30.9 Å². The first-order valence-electron chi connectivity index (χ1n) is 10.3. The summed E-state index contributed by atoms with van der Waals surface area (Å²) in [4.78, 5) is 26.6. The van der Waals surface area contributed by atoms with E-state index in [0.717, 1.165) is 27.8 Å². The number of nitrogens with zero attached hydrogens (tertiary/aromatic N) is 3. The molecule has 1 saturated heterocycles. The Morgan fingerprint density at radius 3 is 2.38 bits per heavy atom. The quantitative estimate of drug-likeness (QED) is 0.561. The monoisotopic (exact) mass is 452 g/mol. The van der Waals surface area contributed by atoms with Gasteiger partial charge in [-0.15, -0.1) is 10.2 Å². The lowest BCUT2D eigenvalue weighted by Crippen LogP contribution is -2.24. The topological polar surface area (TPSA) is 93.7 Å². The minimum Gasteiger partial charge on any atom is -0.497 e. The number of hydrogen-bond acceptors (Lipinski definition) is 7. The van der Waals surface area contributed by atoms with Gasteiger partial charge in [-0.2, -0.15) is 0 Å². The zero-order valence-corrected chi connectivity index (χ0v) is 18.7. The first-order valence-corrected chi connectivity index (χ1v) is 11.1. The molecule has 1 fully saturated rings. The Labute approximate surface area is 190 Å². The van der Waals surface area contributed by atoms with E-state index in [4.69, 9.17) is 9.47 Å². The number of hydrogen-bond donors (Lipinski definition) is 1. The van der Waals surface area contributed by atoms with E-state index in [1.165, 1.54) is 11.3 Å². The maximum absolute atomic E-state index is 12.5. The summed E-state index contributed by atoms with van der Waals surface area (Å²) in [6.45, 7) is 0.533. The fourth-order valence-electron chi connectivity index (χ4n) is 3.57. The molecule has 0 spiro atoms. The summed E-state index contributed by atoms with van der Waals surface area (Å²) in [6.07, 6.45) is 1.33. The molecular formula is C23H24N4O4S. The van der Waals surface area contributed by atoms with Gasteiger partial charge in [0.2, 0.25) is 16.9 Å². The minimum absolute atomic E-state index is 0.0421. The fourth-order valence-corrected chi connectivity index (χ4v) is 4.42. The number of anilines is 2. The van der Waals surface area contributed by atoms with Crippen LogP contribution in [-0.2, 0) is 16.0 Å². The van der Waals surface area contributed by atoms with Crippen molar-refractivity contribution < 1.29 is 19.1 Å². The maximum Gasteiger partial charge on any atom is 0.227 e. The number of nitrogens with one attached hydrogen (secondary N) is 1. The average Bonchev–Trinajstić information content (AvgIpc) is 3.44. The third kappa shape index (κ3) is 5.05. The van der Waals surface area contributed by atoms with Gasteiger partial charge in [0, 0.05) is 31.0 Å². The van der Waals surface area contributed by atoms with Crippen LogP contribution in [0.5, 0.6) is 11.5 Å². The summed E-state index contributed by atoms with van der Waals surface area (Å²) in [6, 6.07) is 15.1. The molecule has 1 N–H and O–H groups in total. The molecule has 0 aliphatic carbocycles. The lowest BCUT2D eigenvalue weighted by molar-refractivity contribution is -0.117. The number of aryl methyl sites for hydroxylation is 1. The number of ether oxygens (including phenoxy) is 2. The number of methoxy groups -OCH3 is 2. The molecule has 0 radical (unpaired) electrons. The number of benzene rings is 2. The van der Waals surface area contributed by atoms with Crippen molar-refractivity contribution in [2.75, 3.05) is 31.0 Å². The number of rotatable bonds is 8. The van der Waals surface area contributed by atoms with Crippen LogP contribution >= 0.6 is 11.3 Å². The van der Waals surface area contributed by atoms with Gasteiger partial charge >= 0.3 is 0 Å². The van der Waals surface area contributed by atoms with Gasteiger partial charge in [-0.1, -0.05) is 23.5 Å². The summed E-state index contributed by atoms with van der Waals surface area (Å²) < 4.78 is 10.3. The highest BCUT2D eigenvalue weighted by Gasteiger charge is 2.34. The summed E-state index contributed by atoms with van der Waals surface area (Å²) in [5, 5.41) is 12.3. The van der Waals surface area contributed by atoms with Crippen LogP contribution in [0.3, 0.4) is 0 Å². The van der Waals surface area contributed by atoms with Gasteiger partial charge in [0.1, 0.15) is 16.5 Å². The van der Waals surface area contributed by atoms with Crippen LogP contribution in [0.1, 0.15) is 29.3 Å². The highest BCUT2D eigenvalue weighted by atomic mass is 32.1. The largest absolute Gasteiger partial charge is 0.497 e. The smallest absolute Gasteiger partial charge is 0.227 e. The van der Waals surface area contributed by atoms with Gasteiger partial charge in [0.15, 0.2) is 0 Å². The Morgan fingerprint density at radius 2 is 1.72 bits per heavy atom. The lowest BCUT2D eigenvalue weighted by atomic mass is 10.1. The van der Waals surface area contributed by atoms with Crippen molar-refractivity contribution in [2.24, 2.45) is 0 Å². The first kappa shape index (κ1) is 21.8. The average molecular weight is 453 g/mol. The summed E-state index contributed by atoms with van der Waals surface area (Å²) in [7, 11) is 3.23. The second-order valence-electron chi connectivity index (χ2n) is 7.45. The van der Waals surface area contributed by atoms with Crippen molar-refractivity contribution in [2.45, 2.75) is 25.2 Å². The molecule has 3 aromatic rings. The van der Waals surface area contributed by atoms with Crippen molar-refractivity contribution in [1.29, 1.82) is 0 Å². The third-order valence-corrected chi connectivity index (χ3v) is 6.35. The molecule has 1 aromatic heterocycles. The minimum atomic E-state index is -0.120. The molecule has 2 amide bonds. The molecule has 2 heterocycles. The molecule has 1 aliphatic heterocycles. The molecule has 1 aliphatic rings. The molecular weight excluding hydrogens is 428 g/mol. The number of aromatic nitrogens is 2. The van der Waals surface area contributed by atoms with Crippen LogP contribution in [0.2, 0.25) is 0 Å². The van der Waals surface area contributed by atoms with E-state index in [1.807, 2.05) is 48.5 Å². The Bertz CT molecular complexity index is 1080. The molecule has 4 rings (SSSR count). The van der Waals surface area contributed by atoms with E-state index in [2.05, 4.69) is 15.5 Å². The van der Waals surface area contributed by atoms with Crippen molar-refractivity contribution >= 4 is 34.0 Å². The number of amides is 2. The Kier molecular flexibility index (Phi) is 6.65. The Balaban J connectivity index is 1.31. The number of carbonyl (C=O) groups excluding carboxylic acids is 2. The van der Waals surface area contributed by atoms with Crippen LogP contribution in [0.4, 0.5) is 10.8 Å². The van der Waals surface area contributed by atoms with Crippen LogP contribution < -0.4 is 19.7 Å². The molecule has 8 nitrogen and oxygen atoms in total. The molecule has 1 atom stereocenters. The van der Waals surface area contributed by atoms with E-state index in [1.54, 1.807) is 19.1 Å². The van der Waals surface area contributed by atoms with Crippen molar-refractivity contribution in [1.82, 2.24) is 10.2 Å². The van der Waals surface area contributed by atoms with Gasteiger partial charge in [0.25, 0.3) is 0 Å². The van der Waals surface area contributed by atoms with E-state index >= 15 is 0 Å². The van der Waals surface area contributed by atoms with E-state index < -0.39 is 0 Å². The first-order chi connectivity index (χ1) is 15.6. The van der Waals surface area contributed by atoms with E-state index in [9.17, 15) is 9.59 Å². The fraction of sp³-hybridized carbons (Fsp3) is 0.304. The summed E-state index contributed by atoms with van der Waals surface area (Å²) in [5.74, 6) is 1.40. The third-order valence-electron chi connectivity index (χ3n) is 5.35. The highest BCUT2D eigenvalue weighted by molar-refractivity contribution is 7.15. The van der Waals surface area contributed by atoms with Gasteiger partial charge in [0.05, 0.1) is 14.2 Å².